The second-order valence-electron chi connectivity index (χ2n) is 4.42. The highest BCUT2D eigenvalue weighted by molar-refractivity contribution is 5.86. The van der Waals surface area contributed by atoms with E-state index in [1.165, 1.54) is 7.11 Å². The second kappa shape index (κ2) is 8.03. The molecule has 0 spiro atoms. The summed E-state index contributed by atoms with van der Waals surface area (Å²) in [4.78, 5) is 22.5. The molecule has 0 bridgehead atoms. The molecule has 0 aliphatic rings. The summed E-state index contributed by atoms with van der Waals surface area (Å²) in [7, 11) is 1.52. The van der Waals surface area contributed by atoms with Crippen LogP contribution >= 0.6 is 0 Å². The maximum absolute atomic E-state index is 11.6. The number of methoxy groups -OCH3 is 1. The van der Waals surface area contributed by atoms with Gasteiger partial charge in [0.25, 0.3) is 0 Å². The first-order valence-corrected chi connectivity index (χ1v) is 5.66. The molecular weight excluding hydrogens is 224 g/mol. The van der Waals surface area contributed by atoms with Gasteiger partial charge in [-0.25, -0.2) is 4.79 Å². The maximum Gasteiger partial charge on any atom is 0.326 e. The molecule has 4 N–H and O–H groups in total. The Balaban J connectivity index is 4.25. The fourth-order valence-electron chi connectivity index (χ4n) is 1.35. The average Bonchev–Trinajstić information content (AvgIpc) is 2.23. The van der Waals surface area contributed by atoms with Crippen molar-refractivity contribution in [3.8, 4) is 0 Å². The molecule has 2 atom stereocenters. The largest absolute Gasteiger partial charge is 0.480 e. The number of hydrogen-bond donors (Lipinski definition) is 3. The normalized spacial score (nSPS) is 14.4. The van der Waals surface area contributed by atoms with Crippen molar-refractivity contribution in [2.75, 3.05) is 13.7 Å². The highest BCUT2D eigenvalue weighted by Gasteiger charge is 2.23. The van der Waals surface area contributed by atoms with Crippen LogP contribution in [-0.4, -0.2) is 42.8 Å². The summed E-state index contributed by atoms with van der Waals surface area (Å²) in [6, 6.07) is -1.61. The molecule has 0 radical (unpaired) electrons. The van der Waals surface area contributed by atoms with Gasteiger partial charge in [0.2, 0.25) is 5.91 Å². The van der Waals surface area contributed by atoms with Gasteiger partial charge in [-0.2, -0.15) is 0 Å². The van der Waals surface area contributed by atoms with Gasteiger partial charge in [-0.1, -0.05) is 13.8 Å². The second-order valence-corrected chi connectivity index (χ2v) is 4.42. The van der Waals surface area contributed by atoms with E-state index in [1.807, 2.05) is 13.8 Å². The average molecular weight is 246 g/mol. The van der Waals surface area contributed by atoms with Gasteiger partial charge < -0.3 is 20.9 Å². The van der Waals surface area contributed by atoms with Crippen molar-refractivity contribution < 1.29 is 19.4 Å². The first-order chi connectivity index (χ1) is 7.88. The zero-order valence-electron chi connectivity index (χ0n) is 10.6. The van der Waals surface area contributed by atoms with E-state index in [2.05, 4.69) is 5.32 Å². The Labute approximate surface area is 102 Å². The van der Waals surface area contributed by atoms with Crippen molar-refractivity contribution in [3.63, 3.8) is 0 Å². The van der Waals surface area contributed by atoms with E-state index in [1.54, 1.807) is 0 Å². The predicted octanol–water partition coefficient (Wildman–Crippen LogP) is -0.0343. The van der Waals surface area contributed by atoms with Gasteiger partial charge in [0.15, 0.2) is 0 Å². The quantitative estimate of drug-likeness (QED) is 0.558. The fraction of sp³-hybridized carbons (Fsp3) is 0.818. The summed E-state index contributed by atoms with van der Waals surface area (Å²) in [6.07, 6.45) is 0.758. The molecule has 0 aliphatic heterocycles. The molecule has 0 aliphatic carbocycles. The standard InChI is InChI=1S/C11H22N2O4/c1-7(2)6-9(11(15)16)13-10(14)8(12)4-5-17-3/h7-9H,4-6,12H2,1-3H3,(H,13,14)(H,15,16). The molecule has 100 valence electrons. The third kappa shape index (κ3) is 6.91. The molecule has 0 aromatic rings. The van der Waals surface area contributed by atoms with Crippen molar-refractivity contribution in [2.24, 2.45) is 11.7 Å². The molecule has 17 heavy (non-hydrogen) atoms. The molecule has 0 aromatic carbocycles. The van der Waals surface area contributed by atoms with E-state index in [4.69, 9.17) is 15.6 Å². The van der Waals surface area contributed by atoms with Crippen molar-refractivity contribution in [1.82, 2.24) is 5.32 Å². The number of aliphatic carboxylic acids is 1. The number of hydrogen-bond acceptors (Lipinski definition) is 4. The number of amides is 1. The molecule has 6 nitrogen and oxygen atoms in total. The van der Waals surface area contributed by atoms with Crippen LogP contribution < -0.4 is 11.1 Å². The summed E-state index contributed by atoms with van der Waals surface area (Å²) in [5.74, 6) is -1.30. The minimum absolute atomic E-state index is 0.187. The molecular formula is C11H22N2O4. The lowest BCUT2D eigenvalue weighted by Crippen LogP contribution is -2.49. The number of carboxylic acid groups (broad SMARTS) is 1. The smallest absolute Gasteiger partial charge is 0.326 e. The summed E-state index contributed by atoms with van der Waals surface area (Å²) >= 11 is 0. The third-order valence-corrected chi connectivity index (χ3v) is 2.29. The Morgan fingerprint density at radius 1 is 1.41 bits per heavy atom. The number of rotatable bonds is 8. The highest BCUT2D eigenvalue weighted by Crippen LogP contribution is 2.05. The van der Waals surface area contributed by atoms with E-state index < -0.39 is 24.0 Å². The van der Waals surface area contributed by atoms with Crippen molar-refractivity contribution in [1.29, 1.82) is 0 Å². The van der Waals surface area contributed by atoms with Gasteiger partial charge >= 0.3 is 5.97 Å². The minimum atomic E-state index is -1.04. The van der Waals surface area contributed by atoms with Crippen LogP contribution in [0.3, 0.4) is 0 Å². The molecule has 1 amide bonds. The summed E-state index contributed by atoms with van der Waals surface area (Å²) in [6.45, 7) is 4.16. The third-order valence-electron chi connectivity index (χ3n) is 2.29. The molecule has 2 unspecified atom stereocenters. The van der Waals surface area contributed by atoms with Gasteiger partial charge in [0, 0.05) is 13.7 Å². The van der Waals surface area contributed by atoms with Crippen LogP contribution in [0.5, 0.6) is 0 Å². The molecule has 0 saturated carbocycles. The molecule has 0 heterocycles. The number of carboxylic acids is 1. The zero-order chi connectivity index (χ0) is 13.4. The Morgan fingerprint density at radius 3 is 2.41 bits per heavy atom. The lowest BCUT2D eigenvalue weighted by atomic mass is 10.0. The Hall–Kier alpha value is -1.14. The topological polar surface area (TPSA) is 102 Å². The molecule has 0 rings (SSSR count). The van der Waals surface area contributed by atoms with Gasteiger partial charge in [-0.15, -0.1) is 0 Å². The zero-order valence-corrected chi connectivity index (χ0v) is 10.6. The van der Waals surface area contributed by atoms with Crippen molar-refractivity contribution in [3.05, 3.63) is 0 Å². The predicted molar refractivity (Wildman–Crippen MR) is 63.5 cm³/mol. The number of nitrogens with one attached hydrogen (secondary N) is 1. The number of carbonyl (C=O) groups is 2. The van der Waals surface area contributed by atoms with Crippen LogP contribution in [0.2, 0.25) is 0 Å². The van der Waals surface area contributed by atoms with Gasteiger partial charge in [0.1, 0.15) is 6.04 Å². The van der Waals surface area contributed by atoms with Crippen LogP contribution in [-0.2, 0) is 14.3 Å². The fourth-order valence-corrected chi connectivity index (χ4v) is 1.35. The van der Waals surface area contributed by atoms with Crippen LogP contribution in [0.15, 0.2) is 0 Å². The summed E-state index contributed by atoms with van der Waals surface area (Å²) in [5.41, 5.74) is 5.60. The van der Waals surface area contributed by atoms with Gasteiger partial charge in [0.05, 0.1) is 6.04 Å². The summed E-state index contributed by atoms with van der Waals surface area (Å²) < 4.78 is 4.80. The number of nitrogens with two attached hydrogens (primary N) is 1. The summed E-state index contributed by atoms with van der Waals surface area (Å²) in [5, 5.41) is 11.4. The first kappa shape index (κ1) is 15.9. The Bertz CT molecular complexity index is 256. The van der Waals surface area contributed by atoms with E-state index in [0.717, 1.165) is 0 Å². The Kier molecular flexibility index (Phi) is 7.49. The van der Waals surface area contributed by atoms with E-state index in [0.29, 0.717) is 19.4 Å². The lowest BCUT2D eigenvalue weighted by molar-refractivity contribution is -0.142. The van der Waals surface area contributed by atoms with Crippen molar-refractivity contribution in [2.45, 2.75) is 38.8 Å². The van der Waals surface area contributed by atoms with Crippen LogP contribution in [0, 0.1) is 5.92 Å². The van der Waals surface area contributed by atoms with Gasteiger partial charge in [-0.05, 0) is 18.8 Å². The lowest BCUT2D eigenvalue weighted by Gasteiger charge is -2.19. The van der Waals surface area contributed by atoms with Crippen LogP contribution in [0.4, 0.5) is 0 Å². The van der Waals surface area contributed by atoms with E-state index in [-0.39, 0.29) is 5.92 Å². The maximum atomic E-state index is 11.6. The number of carbonyl (C=O) groups excluding carboxylic acids is 1. The molecule has 0 saturated heterocycles. The monoisotopic (exact) mass is 246 g/mol. The highest BCUT2D eigenvalue weighted by atomic mass is 16.5. The Morgan fingerprint density at radius 2 is 2.00 bits per heavy atom. The number of ether oxygens (including phenoxy) is 1. The molecule has 0 fully saturated rings. The van der Waals surface area contributed by atoms with Gasteiger partial charge in [-0.3, -0.25) is 4.79 Å². The van der Waals surface area contributed by atoms with E-state index in [9.17, 15) is 9.59 Å². The molecule has 0 aromatic heterocycles. The van der Waals surface area contributed by atoms with Crippen LogP contribution in [0.25, 0.3) is 0 Å². The van der Waals surface area contributed by atoms with Crippen molar-refractivity contribution >= 4 is 11.9 Å². The molecule has 6 heteroatoms. The first-order valence-electron chi connectivity index (χ1n) is 5.66. The minimum Gasteiger partial charge on any atom is -0.480 e. The SMILES string of the molecule is COCCC(N)C(=O)NC(CC(C)C)C(=O)O. The van der Waals surface area contributed by atoms with Crippen LogP contribution in [0.1, 0.15) is 26.7 Å². The van der Waals surface area contributed by atoms with E-state index >= 15 is 0 Å².